The van der Waals surface area contributed by atoms with Gasteiger partial charge in [-0.25, -0.2) is 0 Å². The number of hydrogen-bond acceptors (Lipinski definition) is 3. The number of unbranched alkanes of at least 4 members (excludes halogenated alkanes) is 1. The third kappa shape index (κ3) is 5.46. The summed E-state index contributed by atoms with van der Waals surface area (Å²) in [6.07, 6.45) is 2.95. The van der Waals surface area contributed by atoms with Crippen LogP contribution in [0.4, 0.5) is 5.69 Å². The Morgan fingerprint density at radius 3 is 2.44 bits per heavy atom. The van der Waals surface area contributed by atoms with Gasteiger partial charge >= 0.3 is 0 Å². The van der Waals surface area contributed by atoms with Crippen molar-refractivity contribution in [1.82, 2.24) is 0 Å². The van der Waals surface area contributed by atoms with E-state index in [2.05, 4.69) is 72.4 Å². The summed E-state index contributed by atoms with van der Waals surface area (Å²) < 4.78 is 8.06. The SMILES string of the molecule is C[Si](C)OC(CCCCN1C(=O)C(O)(c2ccc3ccccc3c2)c2c(Br)cc(I)cc21)C(C)(C)C. The van der Waals surface area contributed by atoms with E-state index in [9.17, 15) is 9.90 Å². The van der Waals surface area contributed by atoms with Crippen molar-refractivity contribution < 1.29 is 14.3 Å². The van der Waals surface area contributed by atoms with Gasteiger partial charge in [-0.1, -0.05) is 73.1 Å². The lowest BCUT2D eigenvalue weighted by atomic mass is 9.86. The largest absolute Gasteiger partial charge is 0.414 e. The molecule has 4 rings (SSSR count). The van der Waals surface area contributed by atoms with Crippen LogP contribution in [0, 0.1) is 8.99 Å². The number of benzene rings is 3. The Morgan fingerprint density at radius 2 is 1.78 bits per heavy atom. The quantitative estimate of drug-likeness (QED) is 0.151. The smallest absolute Gasteiger partial charge is 0.268 e. The van der Waals surface area contributed by atoms with Gasteiger partial charge in [-0.15, -0.1) is 0 Å². The van der Waals surface area contributed by atoms with Crippen LogP contribution in [0.1, 0.15) is 51.2 Å². The highest BCUT2D eigenvalue weighted by atomic mass is 127. The van der Waals surface area contributed by atoms with Gasteiger partial charge in [-0.3, -0.25) is 4.79 Å². The maximum absolute atomic E-state index is 13.9. The Kier molecular flexibility index (Phi) is 8.36. The summed E-state index contributed by atoms with van der Waals surface area (Å²) in [6, 6.07) is 17.8. The second-order valence-electron chi connectivity index (χ2n) is 10.9. The van der Waals surface area contributed by atoms with Gasteiger partial charge in [0.2, 0.25) is 9.04 Å². The lowest BCUT2D eigenvalue weighted by Crippen LogP contribution is -2.41. The van der Waals surface area contributed by atoms with Crippen LogP contribution in [0.3, 0.4) is 0 Å². The zero-order valence-corrected chi connectivity index (χ0v) is 26.3. The Labute approximate surface area is 238 Å². The minimum atomic E-state index is -1.73. The molecule has 0 fully saturated rings. The third-order valence-electron chi connectivity index (χ3n) is 6.85. The summed E-state index contributed by atoms with van der Waals surface area (Å²) >= 11 is 5.93. The van der Waals surface area contributed by atoms with E-state index in [1.54, 1.807) is 4.90 Å². The number of amides is 1. The highest BCUT2D eigenvalue weighted by Gasteiger charge is 2.52. The molecular weight excluding hydrogens is 645 g/mol. The molecule has 2 unspecified atom stereocenters. The van der Waals surface area contributed by atoms with Crippen LogP contribution in [-0.4, -0.2) is 32.7 Å². The first-order valence-corrected chi connectivity index (χ1v) is 16.7. The molecule has 0 spiro atoms. The van der Waals surface area contributed by atoms with E-state index in [1.165, 1.54) is 0 Å². The van der Waals surface area contributed by atoms with E-state index in [-0.39, 0.29) is 17.4 Å². The minimum Gasteiger partial charge on any atom is -0.414 e. The highest BCUT2D eigenvalue weighted by Crippen LogP contribution is 2.49. The average Bonchev–Trinajstić information content (AvgIpc) is 3.02. The lowest BCUT2D eigenvalue weighted by molar-refractivity contribution is -0.132. The summed E-state index contributed by atoms with van der Waals surface area (Å²) in [7, 11) is -0.790. The van der Waals surface area contributed by atoms with E-state index in [0.29, 0.717) is 17.7 Å². The number of fused-ring (bicyclic) bond motifs is 2. The number of aliphatic hydroxyl groups is 1. The van der Waals surface area contributed by atoms with Crippen LogP contribution in [0.25, 0.3) is 10.8 Å². The molecule has 1 heterocycles. The van der Waals surface area contributed by atoms with E-state index < -0.39 is 14.6 Å². The molecule has 3 aromatic rings. The molecule has 1 radical (unpaired) electrons. The van der Waals surface area contributed by atoms with Gasteiger partial charge in [0, 0.05) is 26.3 Å². The van der Waals surface area contributed by atoms with Crippen molar-refractivity contribution in [3.8, 4) is 0 Å². The van der Waals surface area contributed by atoms with Crippen molar-refractivity contribution in [3.05, 3.63) is 73.8 Å². The first-order chi connectivity index (χ1) is 16.9. The van der Waals surface area contributed by atoms with Crippen molar-refractivity contribution in [2.24, 2.45) is 5.41 Å². The van der Waals surface area contributed by atoms with Crippen molar-refractivity contribution in [1.29, 1.82) is 0 Å². The number of anilines is 1. The van der Waals surface area contributed by atoms with Crippen LogP contribution >= 0.6 is 38.5 Å². The fourth-order valence-electron chi connectivity index (χ4n) is 5.00. The average molecular weight is 679 g/mol. The Bertz CT molecular complexity index is 1280. The van der Waals surface area contributed by atoms with Crippen LogP contribution in [-0.2, 0) is 14.8 Å². The number of hydrogen-bond donors (Lipinski definition) is 1. The molecular formula is C29H34BrINO3Si. The van der Waals surface area contributed by atoms with Gasteiger partial charge < -0.3 is 14.4 Å². The summed E-state index contributed by atoms with van der Waals surface area (Å²) in [5.74, 6) is -0.285. The molecule has 4 nitrogen and oxygen atoms in total. The molecule has 1 aliphatic heterocycles. The summed E-state index contributed by atoms with van der Waals surface area (Å²) in [4.78, 5) is 15.7. The molecule has 1 N–H and O–H groups in total. The molecule has 3 aromatic carbocycles. The number of halogens is 2. The minimum absolute atomic E-state index is 0.0787. The topological polar surface area (TPSA) is 49.8 Å². The van der Waals surface area contributed by atoms with Crippen molar-refractivity contribution >= 4 is 69.9 Å². The maximum Gasteiger partial charge on any atom is 0.268 e. The normalized spacial score (nSPS) is 18.8. The second-order valence-corrected chi connectivity index (χ2v) is 15.0. The molecule has 0 aromatic heterocycles. The van der Waals surface area contributed by atoms with E-state index in [1.807, 2.05) is 54.6 Å². The van der Waals surface area contributed by atoms with E-state index >= 15 is 0 Å². The standard InChI is InChI=1S/C29H34BrINO3Si/c1-28(2,3)25(35-36(4)5)12-8-9-15-32-24-18-22(31)17-23(30)26(24)29(34,27(32)33)21-14-13-19-10-6-7-11-20(19)16-21/h6-7,10-11,13-14,16-18,25,34H,8-9,12,15H2,1-5H3. The van der Waals surface area contributed by atoms with Crippen LogP contribution in [0.5, 0.6) is 0 Å². The molecule has 0 saturated heterocycles. The molecule has 191 valence electrons. The molecule has 1 amide bonds. The van der Waals surface area contributed by atoms with Gasteiger partial charge in [0.1, 0.15) is 0 Å². The van der Waals surface area contributed by atoms with Crippen molar-refractivity contribution in [2.75, 3.05) is 11.4 Å². The Balaban J connectivity index is 1.62. The van der Waals surface area contributed by atoms with Crippen molar-refractivity contribution in [2.45, 2.75) is 64.8 Å². The highest BCUT2D eigenvalue weighted by molar-refractivity contribution is 14.1. The second kappa shape index (κ2) is 10.8. The molecule has 7 heteroatoms. The van der Waals surface area contributed by atoms with E-state index in [4.69, 9.17) is 4.43 Å². The number of rotatable bonds is 8. The fraction of sp³-hybridized carbons (Fsp3) is 0.414. The first kappa shape index (κ1) is 27.8. The van der Waals surface area contributed by atoms with Gasteiger partial charge in [-0.05, 0) is 94.9 Å². The number of nitrogens with zero attached hydrogens (tertiary/aromatic N) is 1. The number of carbonyl (C=O) groups is 1. The molecule has 2 atom stereocenters. The van der Waals surface area contributed by atoms with Crippen LogP contribution in [0.15, 0.2) is 59.1 Å². The fourth-order valence-corrected chi connectivity index (χ4v) is 7.81. The Hall–Kier alpha value is -1.26. The van der Waals surface area contributed by atoms with Crippen molar-refractivity contribution in [3.63, 3.8) is 0 Å². The monoisotopic (exact) mass is 678 g/mol. The summed E-state index contributed by atoms with van der Waals surface area (Å²) in [5.41, 5.74) is 0.351. The molecule has 1 aliphatic rings. The maximum atomic E-state index is 13.9. The third-order valence-corrected chi connectivity index (χ3v) is 8.85. The summed E-state index contributed by atoms with van der Waals surface area (Å²) in [5, 5.41) is 14.2. The lowest BCUT2D eigenvalue weighted by Gasteiger charge is -2.32. The van der Waals surface area contributed by atoms with Gasteiger partial charge in [0.15, 0.2) is 5.60 Å². The zero-order valence-electron chi connectivity index (χ0n) is 21.6. The van der Waals surface area contributed by atoms with Gasteiger partial charge in [0.05, 0.1) is 5.69 Å². The van der Waals surface area contributed by atoms with Crippen LogP contribution < -0.4 is 4.90 Å². The first-order valence-electron chi connectivity index (χ1n) is 12.4. The predicted octanol–water partition coefficient (Wildman–Crippen LogP) is 7.64. The predicted molar refractivity (Wildman–Crippen MR) is 162 cm³/mol. The van der Waals surface area contributed by atoms with Crippen LogP contribution in [0.2, 0.25) is 13.1 Å². The molecule has 0 bridgehead atoms. The molecule has 0 saturated carbocycles. The van der Waals surface area contributed by atoms with Gasteiger partial charge in [-0.2, -0.15) is 0 Å². The molecule has 36 heavy (non-hydrogen) atoms. The zero-order chi connectivity index (χ0) is 26.3. The van der Waals surface area contributed by atoms with E-state index in [0.717, 1.165) is 43.8 Å². The Morgan fingerprint density at radius 1 is 1.08 bits per heavy atom. The van der Waals surface area contributed by atoms with Gasteiger partial charge in [0.25, 0.3) is 5.91 Å². The summed E-state index contributed by atoms with van der Waals surface area (Å²) in [6.45, 7) is 11.6. The number of carbonyl (C=O) groups excluding carboxylic acids is 1. The molecule has 0 aliphatic carbocycles.